The van der Waals surface area contributed by atoms with Crippen molar-refractivity contribution in [3.63, 3.8) is 0 Å². The molecule has 0 aliphatic heterocycles. The zero-order valence-corrected chi connectivity index (χ0v) is 9.51. The maximum atomic E-state index is 10.7. The highest BCUT2D eigenvalue weighted by atomic mass is 16.4. The highest BCUT2D eigenvalue weighted by molar-refractivity contribution is 5.72. The Hall–Kier alpha value is -1.51. The molecule has 0 amide bonds. The van der Waals surface area contributed by atoms with Gasteiger partial charge in [-0.1, -0.05) is 0 Å². The minimum atomic E-state index is -0.842. The third-order valence-electron chi connectivity index (χ3n) is 3.07. The van der Waals surface area contributed by atoms with Crippen molar-refractivity contribution < 1.29 is 15.0 Å². The summed E-state index contributed by atoms with van der Waals surface area (Å²) in [6, 6.07) is 0. The van der Waals surface area contributed by atoms with Crippen LogP contribution in [0.2, 0.25) is 0 Å². The summed E-state index contributed by atoms with van der Waals surface area (Å²) >= 11 is 0. The molecule has 1 aromatic carbocycles. The number of phenolic OH excluding ortho intramolecular Hbond substituents is 1. The van der Waals surface area contributed by atoms with Gasteiger partial charge < -0.3 is 10.2 Å². The largest absolute Gasteiger partial charge is 0.507 e. The van der Waals surface area contributed by atoms with Crippen LogP contribution in [0.1, 0.15) is 27.8 Å². The van der Waals surface area contributed by atoms with Gasteiger partial charge in [0.25, 0.3) is 0 Å². The number of aromatic hydroxyl groups is 1. The molecule has 0 fully saturated rings. The SMILES string of the molecule is Cc1c(C)c(CC(=O)O)c(C)c(C)c1O. The van der Waals surface area contributed by atoms with Crippen molar-refractivity contribution in [3.8, 4) is 5.75 Å². The summed E-state index contributed by atoms with van der Waals surface area (Å²) in [5, 5.41) is 18.6. The molecule has 82 valence electrons. The van der Waals surface area contributed by atoms with Crippen LogP contribution in [-0.4, -0.2) is 16.2 Å². The summed E-state index contributed by atoms with van der Waals surface area (Å²) < 4.78 is 0. The van der Waals surface area contributed by atoms with E-state index in [9.17, 15) is 9.90 Å². The van der Waals surface area contributed by atoms with Crippen molar-refractivity contribution in [1.82, 2.24) is 0 Å². The number of benzene rings is 1. The van der Waals surface area contributed by atoms with Gasteiger partial charge in [0.2, 0.25) is 0 Å². The minimum Gasteiger partial charge on any atom is -0.507 e. The Bertz CT molecular complexity index is 390. The van der Waals surface area contributed by atoms with Gasteiger partial charge in [-0.15, -0.1) is 0 Å². The first-order valence-electron chi connectivity index (χ1n) is 4.86. The van der Waals surface area contributed by atoms with Gasteiger partial charge in [-0.05, 0) is 55.5 Å². The Morgan fingerprint density at radius 3 is 1.73 bits per heavy atom. The van der Waals surface area contributed by atoms with Gasteiger partial charge >= 0.3 is 5.97 Å². The van der Waals surface area contributed by atoms with E-state index >= 15 is 0 Å². The highest BCUT2D eigenvalue weighted by Gasteiger charge is 2.15. The molecule has 0 aromatic heterocycles. The van der Waals surface area contributed by atoms with Crippen molar-refractivity contribution in [3.05, 3.63) is 27.8 Å². The third-order valence-corrected chi connectivity index (χ3v) is 3.07. The highest BCUT2D eigenvalue weighted by Crippen LogP contribution is 2.31. The molecular weight excluding hydrogens is 192 g/mol. The Labute approximate surface area is 89.4 Å². The fraction of sp³-hybridized carbons (Fsp3) is 0.417. The van der Waals surface area contributed by atoms with Gasteiger partial charge in [0.1, 0.15) is 5.75 Å². The second kappa shape index (κ2) is 3.93. The molecule has 15 heavy (non-hydrogen) atoms. The van der Waals surface area contributed by atoms with E-state index in [1.54, 1.807) is 0 Å². The summed E-state index contributed by atoms with van der Waals surface area (Å²) in [4.78, 5) is 10.7. The van der Waals surface area contributed by atoms with Crippen molar-refractivity contribution in [2.24, 2.45) is 0 Å². The lowest BCUT2D eigenvalue weighted by atomic mass is 9.91. The topological polar surface area (TPSA) is 57.5 Å². The number of hydrogen-bond donors (Lipinski definition) is 2. The van der Waals surface area contributed by atoms with Gasteiger partial charge in [-0.25, -0.2) is 0 Å². The van der Waals surface area contributed by atoms with E-state index in [0.29, 0.717) is 0 Å². The van der Waals surface area contributed by atoms with Gasteiger partial charge in [-0.3, -0.25) is 4.79 Å². The molecule has 0 unspecified atom stereocenters. The lowest BCUT2D eigenvalue weighted by Crippen LogP contribution is -2.07. The van der Waals surface area contributed by atoms with Crippen LogP contribution < -0.4 is 0 Å². The average Bonchev–Trinajstić information content (AvgIpc) is 2.18. The predicted octanol–water partition coefficient (Wildman–Crippen LogP) is 2.25. The normalized spacial score (nSPS) is 10.4. The number of hydrogen-bond acceptors (Lipinski definition) is 2. The summed E-state index contributed by atoms with van der Waals surface area (Å²) in [7, 11) is 0. The molecule has 1 aromatic rings. The summed E-state index contributed by atoms with van der Waals surface area (Å²) in [6.07, 6.45) is 0.0135. The van der Waals surface area contributed by atoms with Gasteiger partial charge in [0.05, 0.1) is 6.42 Å². The van der Waals surface area contributed by atoms with Gasteiger partial charge in [0, 0.05) is 0 Å². The van der Waals surface area contributed by atoms with E-state index in [2.05, 4.69) is 0 Å². The third kappa shape index (κ3) is 1.96. The molecule has 3 heteroatoms. The number of carboxylic acid groups (broad SMARTS) is 1. The predicted molar refractivity (Wildman–Crippen MR) is 58.4 cm³/mol. The van der Waals surface area contributed by atoms with Crippen LogP contribution in [0.25, 0.3) is 0 Å². The molecule has 0 bridgehead atoms. The van der Waals surface area contributed by atoms with Crippen LogP contribution in [0, 0.1) is 27.7 Å². The second-order valence-corrected chi connectivity index (χ2v) is 3.90. The molecular formula is C12H16O3. The number of phenols is 1. The second-order valence-electron chi connectivity index (χ2n) is 3.90. The number of aliphatic carboxylic acids is 1. The Balaban J connectivity index is 3.45. The monoisotopic (exact) mass is 208 g/mol. The fourth-order valence-electron chi connectivity index (χ4n) is 1.79. The molecule has 0 spiro atoms. The van der Waals surface area contributed by atoms with Crippen molar-refractivity contribution in [2.75, 3.05) is 0 Å². The Morgan fingerprint density at radius 2 is 1.40 bits per heavy atom. The molecule has 3 nitrogen and oxygen atoms in total. The molecule has 0 atom stereocenters. The molecule has 0 aliphatic carbocycles. The van der Waals surface area contributed by atoms with Crippen molar-refractivity contribution in [1.29, 1.82) is 0 Å². The van der Waals surface area contributed by atoms with Gasteiger partial charge in [0.15, 0.2) is 0 Å². The van der Waals surface area contributed by atoms with Crippen LogP contribution in [0.15, 0.2) is 0 Å². The Kier molecular flexibility index (Phi) is 3.03. The number of carboxylic acids is 1. The van der Waals surface area contributed by atoms with Crippen LogP contribution in [0.5, 0.6) is 5.75 Å². The van der Waals surface area contributed by atoms with Crippen LogP contribution in [0.3, 0.4) is 0 Å². The first kappa shape index (κ1) is 11.6. The van der Waals surface area contributed by atoms with Crippen molar-refractivity contribution >= 4 is 5.97 Å². The standard InChI is InChI=1S/C12H16O3/c1-6-8(3)12(15)9(4)7(2)10(6)5-11(13)14/h15H,5H2,1-4H3,(H,13,14). The molecule has 0 aliphatic rings. The number of rotatable bonds is 2. The quantitative estimate of drug-likeness (QED) is 0.783. The number of carbonyl (C=O) groups is 1. The van der Waals surface area contributed by atoms with E-state index in [0.717, 1.165) is 27.8 Å². The Morgan fingerprint density at radius 1 is 1.00 bits per heavy atom. The van der Waals surface area contributed by atoms with Crippen LogP contribution in [-0.2, 0) is 11.2 Å². The van der Waals surface area contributed by atoms with Crippen LogP contribution in [0.4, 0.5) is 0 Å². The van der Waals surface area contributed by atoms with E-state index in [4.69, 9.17) is 5.11 Å². The smallest absolute Gasteiger partial charge is 0.307 e. The van der Waals surface area contributed by atoms with E-state index in [1.807, 2.05) is 27.7 Å². The molecule has 0 saturated carbocycles. The van der Waals surface area contributed by atoms with Gasteiger partial charge in [-0.2, -0.15) is 0 Å². The molecule has 0 saturated heterocycles. The van der Waals surface area contributed by atoms with Crippen molar-refractivity contribution in [2.45, 2.75) is 34.1 Å². The molecule has 1 rings (SSSR count). The fourth-order valence-corrected chi connectivity index (χ4v) is 1.79. The molecule has 2 N–H and O–H groups in total. The minimum absolute atomic E-state index is 0.0135. The summed E-state index contributed by atoms with van der Waals surface area (Å²) in [5.74, 6) is -0.565. The van der Waals surface area contributed by atoms with Crippen LogP contribution >= 0.6 is 0 Å². The molecule has 0 radical (unpaired) electrons. The lowest BCUT2D eigenvalue weighted by Gasteiger charge is -2.15. The molecule has 0 heterocycles. The van der Waals surface area contributed by atoms with E-state index in [1.165, 1.54) is 0 Å². The average molecular weight is 208 g/mol. The first-order valence-corrected chi connectivity index (χ1v) is 4.86. The van der Waals surface area contributed by atoms with E-state index < -0.39 is 5.97 Å². The zero-order chi connectivity index (χ0) is 11.7. The maximum absolute atomic E-state index is 10.7. The summed E-state index contributed by atoms with van der Waals surface area (Å²) in [6.45, 7) is 7.31. The first-order chi connectivity index (χ1) is 6.86. The maximum Gasteiger partial charge on any atom is 0.307 e. The lowest BCUT2D eigenvalue weighted by molar-refractivity contribution is -0.136. The summed E-state index contributed by atoms with van der Waals surface area (Å²) in [5.41, 5.74) is 4.11. The zero-order valence-electron chi connectivity index (χ0n) is 9.51. The van der Waals surface area contributed by atoms with E-state index in [-0.39, 0.29) is 12.2 Å².